The van der Waals surface area contributed by atoms with E-state index in [4.69, 9.17) is 5.26 Å². The fourth-order valence-electron chi connectivity index (χ4n) is 3.52. The molecule has 0 radical (unpaired) electrons. The molecule has 2 nitrogen and oxygen atoms in total. The Labute approximate surface area is 175 Å². The summed E-state index contributed by atoms with van der Waals surface area (Å²) >= 11 is 0. The molecule has 0 aliphatic carbocycles. The van der Waals surface area contributed by atoms with Crippen LogP contribution in [0.4, 0.5) is 5.69 Å². The Morgan fingerprint density at radius 1 is 0.621 bits per heavy atom. The Morgan fingerprint density at radius 2 is 1.00 bits per heavy atom. The second kappa shape index (κ2) is 10.5. The van der Waals surface area contributed by atoms with Gasteiger partial charge in [0, 0.05) is 18.8 Å². The van der Waals surface area contributed by atoms with E-state index in [1.165, 1.54) is 48.1 Å². The lowest BCUT2D eigenvalue weighted by atomic mass is 9.99. The highest BCUT2D eigenvalue weighted by Crippen LogP contribution is 2.27. The summed E-state index contributed by atoms with van der Waals surface area (Å²) in [6.07, 6.45) is 4.93. The molecule has 0 atom stereocenters. The molecule has 0 amide bonds. The first-order chi connectivity index (χ1) is 14.2. The molecule has 0 bridgehead atoms. The SMILES string of the molecule is CCCCN(CCCC)c1ccc(-c2ccc(-c3ccc(C#N)cc3)cc2)cc1. The van der Waals surface area contributed by atoms with Crippen molar-refractivity contribution in [3.05, 3.63) is 78.4 Å². The van der Waals surface area contributed by atoms with Gasteiger partial charge >= 0.3 is 0 Å². The minimum Gasteiger partial charge on any atom is -0.372 e. The van der Waals surface area contributed by atoms with Crippen molar-refractivity contribution in [3.8, 4) is 28.3 Å². The molecule has 0 saturated heterocycles. The molecule has 3 rings (SSSR count). The molecule has 148 valence electrons. The quantitative estimate of drug-likeness (QED) is 0.388. The van der Waals surface area contributed by atoms with Crippen LogP contribution in [0.2, 0.25) is 0 Å². The lowest BCUT2D eigenvalue weighted by molar-refractivity contribution is 0.678. The number of hydrogen-bond acceptors (Lipinski definition) is 2. The van der Waals surface area contributed by atoms with E-state index in [9.17, 15) is 0 Å². The third-order valence-electron chi connectivity index (χ3n) is 5.36. The maximum Gasteiger partial charge on any atom is 0.0991 e. The van der Waals surface area contributed by atoms with Gasteiger partial charge in [0.05, 0.1) is 11.6 Å². The highest BCUT2D eigenvalue weighted by atomic mass is 15.1. The first-order valence-electron chi connectivity index (χ1n) is 10.7. The van der Waals surface area contributed by atoms with Crippen LogP contribution in [0, 0.1) is 11.3 Å². The molecule has 0 heterocycles. The molecule has 0 N–H and O–H groups in total. The highest BCUT2D eigenvalue weighted by molar-refractivity contribution is 5.71. The number of nitriles is 1. The summed E-state index contributed by atoms with van der Waals surface area (Å²) < 4.78 is 0. The van der Waals surface area contributed by atoms with Gasteiger partial charge in [0.15, 0.2) is 0 Å². The van der Waals surface area contributed by atoms with Crippen LogP contribution in [0.5, 0.6) is 0 Å². The minimum absolute atomic E-state index is 0.692. The number of rotatable bonds is 9. The molecule has 0 aliphatic rings. The number of anilines is 1. The zero-order chi connectivity index (χ0) is 20.5. The van der Waals surface area contributed by atoms with E-state index in [0.29, 0.717) is 5.56 Å². The van der Waals surface area contributed by atoms with Crippen LogP contribution >= 0.6 is 0 Å². The molecule has 0 saturated carbocycles. The summed E-state index contributed by atoms with van der Waals surface area (Å²) in [5.74, 6) is 0. The van der Waals surface area contributed by atoms with Crippen molar-refractivity contribution in [2.75, 3.05) is 18.0 Å². The van der Waals surface area contributed by atoms with Gasteiger partial charge in [0.1, 0.15) is 0 Å². The van der Waals surface area contributed by atoms with Gasteiger partial charge in [-0.2, -0.15) is 5.26 Å². The van der Waals surface area contributed by atoms with Crippen LogP contribution in [-0.4, -0.2) is 13.1 Å². The molecular formula is C27H30N2. The fraction of sp³-hybridized carbons (Fsp3) is 0.296. The van der Waals surface area contributed by atoms with Gasteiger partial charge in [0.2, 0.25) is 0 Å². The van der Waals surface area contributed by atoms with Gasteiger partial charge in [-0.05, 0) is 59.4 Å². The number of nitrogens with zero attached hydrogens (tertiary/aromatic N) is 2. The first kappa shape index (κ1) is 20.7. The molecule has 0 spiro atoms. The Morgan fingerprint density at radius 3 is 1.38 bits per heavy atom. The zero-order valence-electron chi connectivity index (χ0n) is 17.6. The van der Waals surface area contributed by atoms with E-state index in [0.717, 1.165) is 18.7 Å². The number of unbranched alkanes of at least 4 members (excludes halogenated alkanes) is 2. The average Bonchev–Trinajstić information content (AvgIpc) is 2.79. The van der Waals surface area contributed by atoms with Crippen molar-refractivity contribution in [3.63, 3.8) is 0 Å². The molecule has 3 aromatic rings. The Balaban J connectivity index is 1.74. The molecular weight excluding hydrogens is 352 g/mol. The lowest BCUT2D eigenvalue weighted by Crippen LogP contribution is -2.25. The molecule has 3 aromatic carbocycles. The van der Waals surface area contributed by atoms with Gasteiger partial charge in [0.25, 0.3) is 0 Å². The number of benzene rings is 3. The third kappa shape index (κ3) is 5.48. The van der Waals surface area contributed by atoms with Gasteiger partial charge in [-0.15, -0.1) is 0 Å². The Kier molecular flexibility index (Phi) is 7.47. The predicted octanol–water partition coefficient (Wildman–Crippen LogP) is 7.30. The van der Waals surface area contributed by atoms with E-state index in [1.807, 2.05) is 24.3 Å². The first-order valence-corrected chi connectivity index (χ1v) is 10.7. The van der Waals surface area contributed by atoms with Gasteiger partial charge < -0.3 is 4.90 Å². The van der Waals surface area contributed by atoms with Crippen LogP contribution in [0.3, 0.4) is 0 Å². The summed E-state index contributed by atoms with van der Waals surface area (Å²) in [5.41, 5.74) is 6.78. The zero-order valence-corrected chi connectivity index (χ0v) is 17.6. The van der Waals surface area contributed by atoms with E-state index in [1.54, 1.807) is 0 Å². The maximum absolute atomic E-state index is 8.95. The van der Waals surface area contributed by atoms with Crippen molar-refractivity contribution < 1.29 is 0 Å². The highest BCUT2D eigenvalue weighted by Gasteiger charge is 2.07. The molecule has 2 heteroatoms. The molecule has 0 aromatic heterocycles. The second-order valence-corrected chi connectivity index (χ2v) is 7.51. The van der Waals surface area contributed by atoms with E-state index in [2.05, 4.69) is 73.3 Å². The van der Waals surface area contributed by atoms with Gasteiger partial charge in [-0.25, -0.2) is 0 Å². The van der Waals surface area contributed by atoms with E-state index < -0.39 is 0 Å². The summed E-state index contributed by atoms with van der Waals surface area (Å²) in [4.78, 5) is 2.52. The normalized spacial score (nSPS) is 10.5. The van der Waals surface area contributed by atoms with Crippen LogP contribution in [0.1, 0.15) is 45.1 Å². The largest absolute Gasteiger partial charge is 0.372 e. The standard InChI is InChI=1S/C27H30N2/c1-3-5-19-29(20-6-4-2)27-17-15-26(16-18-27)25-13-11-24(12-14-25)23-9-7-22(21-28)8-10-23/h7-18H,3-6,19-20H2,1-2H3. The topological polar surface area (TPSA) is 27.0 Å². The van der Waals surface area contributed by atoms with Crippen molar-refractivity contribution in [2.45, 2.75) is 39.5 Å². The summed E-state index contributed by atoms with van der Waals surface area (Å²) in [7, 11) is 0. The van der Waals surface area contributed by atoms with Crippen molar-refractivity contribution in [1.82, 2.24) is 0 Å². The van der Waals surface area contributed by atoms with Crippen molar-refractivity contribution >= 4 is 5.69 Å². The fourth-order valence-corrected chi connectivity index (χ4v) is 3.52. The summed E-state index contributed by atoms with van der Waals surface area (Å²) in [6, 6.07) is 27.5. The predicted molar refractivity (Wildman–Crippen MR) is 124 cm³/mol. The van der Waals surface area contributed by atoms with Gasteiger partial charge in [-0.1, -0.05) is 75.2 Å². The maximum atomic E-state index is 8.95. The molecule has 0 unspecified atom stereocenters. The summed E-state index contributed by atoms with van der Waals surface area (Å²) in [6.45, 7) is 6.77. The summed E-state index contributed by atoms with van der Waals surface area (Å²) in [5, 5.41) is 8.95. The Hall–Kier alpha value is -3.05. The lowest BCUT2D eigenvalue weighted by Gasteiger charge is -2.25. The van der Waals surface area contributed by atoms with Crippen LogP contribution < -0.4 is 4.90 Å². The monoisotopic (exact) mass is 382 g/mol. The number of hydrogen-bond donors (Lipinski definition) is 0. The third-order valence-corrected chi connectivity index (χ3v) is 5.36. The molecule has 0 fully saturated rings. The van der Waals surface area contributed by atoms with Crippen LogP contribution in [0.15, 0.2) is 72.8 Å². The van der Waals surface area contributed by atoms with Crippen molar-refractivity contribution in [2.24, 2.45) is 0 Å². The van der Waals surface area contributed by atoms with Crippen LogP contribution in [-0.2, 0) is 0 Å². The van der Waals surface area contributed by atoms with E-state index in [-0.39, 0.29) is 0 Å². The van der Waals surface area contributed by atoms with E-state index >= 15 is 0 Å². The van der Waals surface area contributed by atoms with Crippen LogP contribution in [0.25, 0.3) is 22.3 Å². The Bertz CT molecular complexity index is 908. The molecule has 29 heavy (non-hydrogen) atoms. The second-order valence-electron chi connectivity index (χ2n) is 7.51. The molecule has 0 aliphatic heterocycles. The minimum atomic E-state index is 0.692. The van der Waals surface area contributed by atoms with Gasteiger partial charge in [-0.3, -0.25) is 0 Å². The van der Waals surface area contributed by atoms with Crippen molar-refractivity contribution in [1.29, 1.82) is 5.26 Å². The average molecular weight is 383 g/mol. The smallest absolute Gasteiger partial charge is 0.0991 e.